The number of benzene rings is 1. The number of carbonyl (C=O) groups is 1. The highest BCUT2D eigenvalue weighted by Gasteiger charge is 2.48. The van der Waals surface area contributed by atoms with Gasteiger partial charge in [0, 0.05) is 18.2 Å². The number of sulfone groups is 1. The van der Waals surface area contributed by atoms with E-state index < -0.39 is 9.84 Å². The molecule has 0 spiro atoms. The molecule has 6 nitrogen and oxygen atoms in total. The Balaban J connectivity index is 1.89. The molecule has 0 radical (unpaired) electrons. The van der Waals surface area contributed by atoms with Gasteiger partial charge in [0.2, 0.25) is 5.91 Å². The van der Waals surface area contributed by atoms with Crippen LogP contribution >= 0.6 is 11.8 Å². The molecule has 1 amide bonds. The van der Waals surface area contributed by atoms with Gasteiger partial charge in [-0.25, -0.2) is 8.42 Å². The summed E-state index contributed by atoms with van der Waals surface area (Å²) in [6.45, 7) is 2.28. The van der Waals surface area contributed by atoms with E-state index in [1.165, 1.54) is 11.8 Å². The SMILES string of the molecule is CCC(=O)N=C1S[C@H]2CS(=O)(=O)C[C@@H]2N1Cc1cccc(OC)c1. The molecule has 130 valence electrons. The second kappa shape index (κ2) is 6.76. The second-order valence-electron chi connectivity index (χ2n) is 5.92. The van der Waals surface area contributed by atoms with Gasteiger partial charge in [-0.2, -0.15) is 4.99 Å². The average molecular weight is 368 g/mol. The number of amidine groups is 1. The minimum absolute atomic E-state index is 0.0518. The predicted octanol–water partition coefficient (Wildman–Crippen LogP) is 1.70. The van der Waals surface area contributed by atoms with Crippen molar-refractivity contribution < 1.29 is 17.9 Å². The maximum Gasteiger partial charge on any atom is 0.247 e. The number of hydrogen-bond donors (Lipinski definition) is 0. The van der Waals surface area contributed by atoms with Crippen LogP contribution in [0.25, 0.3) is 0 Å². The summed E-state index contributed by atoms with van der Waals surface area (Å²) in [4.78, 5) is 17.9. The molecule has 2 atom stereocenters. The summed E-state index contributed by atoms with van der Waals surface area (Å²) in [5.74, 6) is 0.832. The Hall–Kier alpha value is -1.54. The van der Waals surface area contributed by atoms with E-state index in [1.807, 2.05) is 29.2 Å². The van der Waals surface area contributed by atoms with Gasteiger partial charge in [-0.3, -0.25) is 4.79 Å². The maximum absolute atomic E-state index is 12.0. The summed E-state index contributed by atoms with van der Waals surface area (Å²) in [5, 5.41) is 0.582. The van der Waals surface area contributed by atoms with E-state index in [2.05, 4.69) is 4.99 Å². The normalized spacial score (nSPS) is 26.6. The van der Waals surface area contributed by atoms with Crippen LogP contribution in [0.2, 0.25) is 0 Å². The van der Waals surface area contributed by atoms with Crippen molar-refractivity contribution >= 4 is 32.7 Å². The molecular weight excluding hydrogens is 348 g/mol. The number of carbonyl (C=O) groups excluding carboxylic acids is 1. The Morgan fingerprint density at radius 3 is 2.92 bits per heavy atom. The topological polar surface area (TPSA) is 76.0 Å². The lowest BCUT2D eigenvalue weighted by Crippen LogP contribution is -2.37. The maximum atomic E-state index is 12.0. The van der Waals surface area contributed by atoms with E-state index in [9.17, 15) is 13.2 Å². The highest BCUT2D eigenvalue weighted by atomic mass is 32.2. The standard InChI is InChI=1S/C16H20N2O4S2/c1-3-15(19)17-16-18(8-11-5-4-6-12(7-11)22-2)13-9-24(20,21)10-14(13)23-16/h4-7,13-14H,3,8-10H2,1-2H3/t13-,14-/m0/s1. The number of rotatable bonds is 4. The monoisotopic (exact) mass is 368 g/mol. The zero-order valence-corrected chi connectivity index (χ0v) is 15.3. The third kappa shape index (κ3) is 3.59. The fourth-order valence-electron chi connectivity index (χ4n) is 2.97. The number of ether oxygens (including phenoxy) is 1. The summed E-state index contributed by atoms with van der Waals surface area (Å²) < 4.78 is 29.2. The van der Waals surface area contributed by atoms with Crippen LogP contribution < -0.4 is 4.74 Å². The molecule has 2 heterocycles. The quantitative estimate of drug-likeness (QED) is 0.805. The number of thioether (sulfide) groups is 1. The van der Waals surface area contributed by atoms with Gasteiger partial charge in [0.15, 0.2) is 15.0 Å². The van der Waals surface area contributed by atoms with Gasteiger partial charge in [0.25, 0.3) is 0 Å². The Morgan fingerprint density at radius 1 is 1.42 bits per heavy atom. The third-order valence-corrected chi connectivity index (χ3v) is 7.43. The van der Waals surface area contributed by atoms with Crippen molar-refractivity contribution in [3.05, 3.63) is 29.8 Å². The zero-order chi connectivity index (χ0) is 17.3. The average Bonchev–Trinajstić information content (AvgIpc) is 3.00. The summed E-state index contributed by atoms with van der Waals surface area (Å²) in [6, 6.07) is 7.51. The van der Waals surface area contributed by atoms with Gasteiger partial charge in [0.1, 0.15) is 5.75 Å². The van der Waals surface area contributed by atoms with Crippen LogP contribution in [0.3, 0.4) is 0 Å². The van der Waals surface area contributed by atoms with Crippen molar-refractivity contribution in [2.24, 2.45) is 4.99 Å². The van der Waals surface area contributed by atoms with Crippen molar-refractivity contribution in [1.29, 1.82) is 0 Å². The molecule has 8 heteroatoms. The van der Waals surface area contributed by atoms with Crippen LogP contribution in [0.1, 0.15) is 18.9 Å². The molecule has 0 saturated carbocycles. The number of aliphatic imine (C=N–C) groups is 1. The molecule has 1 aromatic rings. The fraction of sp³-hybridized carbons (Fsp3) is 0.500. The lowest BCUT2D eigenvalue weighted by molar-refractivity contribution is -0.117. The summed E-state index contributed by atoms with van der Waals surface area (Å²) in [6.07, 6.45) is 0.338. The van der Waals surface area contributed by atoms with Gasteiger partial charge in [-0.15, -0.1) is 0 Å². The smallest absolute Gasteiger partial charge is 0.247 e. The summed E-state index contributed by atoms with van der Waals surface area (Å²) >= 11 is 1.41. The number of nitrogens with zero attached hydrogens (tertiary/aromatic N) is 2. The van der Waals surface area contributed by atoms with Crippen LogP contribution in [0.4, 0.5) is 0 Å². The second-order valence-corrected chi connectivity index (χ2v) is 9.28. The molecule has 0 aromatic heterocycles. The first-order valence-corrected chi connectivity index (χ1v) is 10.5. The van der Waals surface area contributed by atoms with Crippen molar-refractivity contribution in [3.8, 4) is 5.75 Å². The molecule has 0 bridgehead atoms. The molecular formula is C16H20N2O4S2. The Kier molecular flexibility index (Phi) is 4.87. The minimum atomic E-state index is -3.03. The van der Waals surface area contributed by atoms with Crippen molar-refractivity contribution in [2.45, 2.75) is 31.2 Å². The molecule has 2 aliphatic rings. The minimum Gasteiger partial charge on any atom is -0.497 e. The third-order valence-electron chi connectivity index (χ3n) is 4.18. The van der Waals surface area contributed by atoms with E-state index in [4.69, 9.17) is 4.74 Å². The van der Waals surface area contributed by atoms with E-state index in [1.54, 1.807) is 14.0 Å². The number of amides is 1. The van der Waals surface area contributed by atoms with Gasteiger partial charge in [-0.1, -0.05) is 30.8 Å². The zero-order valence-electron chi connectivity index (χ0n) is 13.6. The van der Waals surface area contributed by atoms with Crippen molar-refractivity contribution in [1.82, 2.24) is 4.90 Å². The molecule has 24 heavy (non-hydrogen) atoms. The first-order valence-electron chi connectivity index (χ1n) is 7.80. The number of methoxy groups -OCH3 is 1. The fourth-order valence-corrected chi connectivity index (χ4v) is 6.94. The molecule has 2 aliphatic heterocycles. The van der Waals surface area contributed by atoms with Crippen molar-refractivity contribution in [2.75, 3.05) is 18.6 Å². The first kappa shape index (κ1) is 17.3. The Labute approximate surface area is 146 Å². The van der Waals surface area contributed by atoms with Gasteiger partial charge < -0.3 is 9.64 Å². The summed E-state index contributed by atoms with van der Waals surface area (Å²) in [5.41, 5.74) is 0.997. The van der Waals surface area contributed by atoms with E-state index in [0.29, 0.717) is 18.1 Å². The molecule has 1 aromatic carbocycles. The molecule has 0 aliphatic carbocycles. The van der Waals surface area contributed by atoms with E-state index >= 15 is 0 Å². The van der Waals surface area contributed by atoms with Gasteiger partial charge in [0.05, 0.1) is 24.7 Å². The molecule has 3 rings (SSSR count). The van der Waals surface area contributed by atoms with Crippen LogP contribution in [0.5, 0.6) is 5.75 Å². The lowest BCUT2D eigenvalue weighted by atomic mass is 10.1. The molecule has 2 saturated heterocycles. The van der Waals surface area contributed by atoms with E-state index in [0.717, 1.165) is 11.3 Å². The van der Waals surface area contributed by atoms with Gasteiger partial charge >= 0.3 is 0 Å². The number of fused-ring (bicyclic) bond motifs is 1. The Morgan fingerprint density at radius 2 is 2.21 bits per heavy atom. The molecule has 2 fully saturated rings. The molecule has 0 unspecified atom stereocenters. The predicted molar refractivity (Wildman–Crippen MR) is 95.1 cm³/mol. The van der Waals surface area contributed by atoms with Crippen molar-refractivity contribution in [3.63, 3.8) is 0 Å². The van der Waals surface area contributed by atoms with Crippen LogP contribution in [0, 0.1) is 0 Å². The highest BCUT2D eigenvalue weighted by molar-refractivity contribution is 8.15. The van der Waals surface area contributed by atoms with Crippen LogP contribution in [-0.2, 0) is 21.2 Å². The molecule has 0 N–H and O–H groups in total. The highest BCUT2D eigenvalue weighted by Crippen LogP contribution is 2.39. The van der Waals surface area contributed by atoms with Gasteiger partial charge in [-0.05, 0) is 17.7 Å². The number of hydrogen-bond acceptors (Lipinski definition) is 5. The largest absolute Gasteiger partial charge is 0.497 e. The van der Waals surface area contributed by atoms with E-state index in [-0.39, 0.29) is 28.7 Å². The Bertz CT molecular complexity index is 776. The van der Waals surface area contributed by atoms with Crippen LogP contribution in [-0.4, -0.2) is 54.3 Å². The first-order chi connectivity index (χ1) is 11.4. The van der Waals surface area contributed by atoms with Crippen LogP contribution in [0.15, 0.2) is 29.3 Å². The summed E-state index contributed by atoms with van der Waals surface area (Å²) in [7, 11) is -1.42. The lowest BCUT2D eigenvalue weighted by Gasteiger charge is -2.24.